The number of nitrogen functional groups attached to an aromatic ring is 1. The molecule has 1 aliphatic carbocycles. The van der Waals surface area contributed by atoms with E-state index in [9.17, 15) is 4.79 Å². The molecule has 1 aliphatic heterocycles. The van der Waals surface area contributed by atoms with Crippen LogP contribution < -0.4 is 11.1 Å². The maximum absolute atomic E-state index is 12.8. The van der Waals surface area contributed by atoms with Gasteiger partial charge in [-0.15, -0.1) is 0 Å². The zero-order valence-corrected chi connectivity index (χ0v) is 17.8. The van der Waals surface area contributed by atoms with Crippen molar-refractivity contribution in [1.29, 1.82) is 0 Å². The Labute approximate surface area is 181 Å². The number of nitrogens with one attached hydrogen (secondary N) is 1. The van der Waals surface area contributed by atoms with Gasteiger partial charge in [0.15, 0.2) is 0 Å². The van der Waals surface area contributed by atoms with E-state index in [2.05, 4.69) is 33.2 Å². The molecule has 5 rings (SSSR count). The standard InChI is InChI=1S/C24H27N5O2/c1-14-5-3-4-6-16(14)20-9-15-10-21(26-11-17(15)23(25)27-20)28-24(30)22-18-12-29(7-8-31-2)13-19(18)22/h3-6,9-11,18-19,22H,7-8,12-13H2,1-2H3,(H2,25,27)(H,26,28,30)/t18-,19+,22?. The Morgan fingerprint density at radius 3 is 2.77 bits per heavy atom. The number of ether oxygens (including phenoxy) is 1. The van der Waals surface area contributed by atoms with Crippen molar-refractivity contribution in [2.45, 2.75) is 6.92 Å². The number of fused-ring (bicyclic) bond motifs is 2. The van der Waals surface area contributed by atoms with Gasteiger partial charge in [0, 0.05) is 49.8 Å². The molecule has 1 saturated heterocycles. The minimum Gasteiger partial charge on any atom is -0.383 e. The molecule has 3 aromatic rings. The second-order valence-electron chi connectivity index (χ2n) is 8.59. The number of aryl methyl sites for hydroxylation is 1. The summed E-state index contributed by atoms with van der Waals surface area (Å²) in [6.45, 7) is 5.67. The lowest BCUT2D eigenvalue weighted by atomic mass is 10.0. The van der Waals surface area contributed by atoms with Gasteiger partial charge in [-0.05, 0) is 41.8 Å². The zero-order valence-electron chi connectivity index (χ0n) is 17.8. The van der Waals surface area contributed by atoms with E-state index in [0.29, 0.717) is 23.5 Å². The van der Waals surface area contributed by atoms with Gasteiger partial charge in [0.25, 0.3) is 0 Å². The largest absolute Gasteiger partial charge is 0.383 e. The third-order valence-electron chi connectivity index (χ3n) is 6.60. The number of hydrogen-bond acceptors (Lipinski definition) is 6. The van der Waals surface area contributed by atoms with Crippen LogP contribution in [0.15, 0.2) is 42.6 Å². The van der Waals surface area contributed by atoms with Crippen molar-refractivity contribution < 1.29 is 9.53 Å². The Bertz CT molecular complexity index is 1140. The fourth-order valence-electron chi connectivity index (χ4n) is 4.86. The average Bonchev–Trinajstić information content (AvgIpc) is 3.27. The molecule has 0 spiro atoms. The predicted octanol–water partition coefficient (Wildman–Crippen LogP) is 2.95. The number of pyridine rings is 2. The van der Waals surface area contributed by atoms with Gasteiger partial charge in [-0.25, -0.2) is 9.97 Å². The molecule has 3 atom stereocenters. The Kier molecular flexibility index (Phi) is 5.08. The van der Waals surface area contributed by atoms with E-state index in [1.807, 2.05) is 30.3 Å². The summed E-state index contributed by atoms with van der Waals surface area (Å²) in [5.41, 5.74) is 9.21. The van der Waals surface area contributed by atoms with E-state index >= 15 is 0 Å². The van der Waals surface area contributed by atoms with E-state index < -0.39 is 0 Å². The highest BCUT2D eigenvalue weighted by Gasteiger charge is 2.59. The number of nitrogens with two attached hydrogens (primary N) is 1. The maximum Gasteiger partial charge on any atom is 0.229 e. The second-order valence-corrected chi connectivity index (χ2v) is 8.59. The summed E-state index contributed by atoms with van der Waals surface area (Å²) in [6, 6.07) is 12.0. The van der Waals surface area contributed by atoms with Crippen molar-refractivity contribution in [2.24, 2.45) is 17.8 Å². The monoisotopic (exact) mass is 417 g/mol. The van der Waals surface area contributed by atoms with Crippen molar-refractivity contribution in [3.05, 3.63) is 48.2 Å². The number of rotatable bonds is 6. The van der Waals surface area contributed by atoms with Crippen LogP contribution in [0.2, 0.25) is 0 Å². The minimum atomic E-state index is 0.0643. The second kappa shape index (κ2) is 7.90. The van der Waals surface area contributed by atoms with Gasteiger partial charge in [-0.1, -0.05) is 24.3 Å². The lowest BCUT2D eigenvalue weighted by Crippen LogP contribution is -2.30. The first-order valence-electron chi connectivity index (χ1n) is 10.7. The number of methoxy groups -OCH3 is 1. The van der Waals surface area contributed by atoms with E-state index in [0.717, 1.165) is 53.8 Å². The highest BCUT2D eigenvalue weighted by atomic mass is 16.5. The summed E-state index contributed by atoms with van der Waals surface area (Å²) >= 11 is 0. The average molecular weight is 418 g/mol. The molecule has 1 unspecified atom stereocenters. The van der Waals surface area contributed by atoms with Crippen LogP contribution in [0.25, 0.3) is 22.0 Å². The van der Waals surface area contributed by atoms with Crippen LogP contribution in [0, 0.1) is 24.7 Å². The lowest BCUT2D eigenvalue weighted by Gasteiger charge is -2.18. The van der Waals surface area contributed by atoms with Crippen LogP contribution in [0.4, 0.5) is 11.6 Å². The van der Waals surface area contributed by atoms with Crippen molar-refractivity contribution in [2.75, 3.05) is 44.4 Å². The number of benzene rings is 1. The number of aromatic nitrogens is 2. The summed E-state index contributed by atoms with van der Waals surface area (Å²) in [5, 5.41) is 4.72. The molecule has 2 aliphatic rings. The predicted molar refractivity (Wildman–Crippen MR) is 122 cm³/mol. The third kappa shape index (κ3) is 3.75. The van der Waals surface area contributed by atoms with Crippen LogP contribution >= 0.6 is 0 Å². The van der Waals surface area contributed by atoms with Crippen molar-refractivity contribution in [3.8, 4) is 11.3 Å². The van der Waals surface area contributed by atoms with Gasteiger partial charge < -0.3 is 20.7 Å². The number of nitrogens with zero attached hydrogens (tertiary/aromatic N) is 3. The van der Waals surface area contributed by atoms with Gasteiger partial charge in [-0.2, -0.15) is 0 Å². The molecular formula is C24H27N5O2. The number of carbonyl (C=O) groups excluding carboxylic acids is 1. The molecule has 3 N–H and O–H groups in total. The topological polar surface area (TPSA) is 93.4 Å². The fourth-order valence-corrected chi connectivity index (χ4v) is 4.86. The lowest BCUT2D eigenvalue weighted by molar-refractivity contribution is -0.118. The molecule has 1 saturated carbocycles. The molecule has 0 bridgehead atoms. The fraction of sp³-hybridized carbons (Fsp3) is 0.375. The van der Waals surface area contributed by atoms with E-state index in [1.54, 1.807) is 13.3 Å². The molecule has 1 amide bonds. The minimum absolute atomic E-state index is 0.0643. The Morgan fingerprint density at radius 1 is 1.26 bits per heavy atom. The number of hydrogen-bond donors (Lipinski definition) is 2. The molecule has 2 aromatic heterocycles. The van der Waals surface area contributed by atoms with Crippen LogP contribution in [-0.4, -0.2) is 54.1 Å². The van der Waals surface area contributed by atoms with E-state index in [-0.39, 0.29) is 11.8 Å². The normalized spacial score (nSPS) is 22.5. The highest BCUT2D eigenvalue weighted by molar-refractivity contribution is 5.98. The molecule has 2 fully saturated rings. The van der Waals surface area contributed by atoms with Crippen LogP contribution in [0.1, 0.15) is 5.56 Å². The van der Waals surface area contributed by atoms with Gasteiger partial charge in [0.05, 0.1) is 12.3 Å². The first-order valence-corrected chi connectivity index (χ1v) is 10.7. The summed E-state index contributed by atoms with van der Waals surface area (Å²) in [5.74, 6) is 2.04. The number of carbonyl (C=O) groups is 1. The maximum atomic E-state index is 12.8. The Balaban J connectivity index is 1.32. The number of amides is 1. The number of anilines is 2. The van der Waals surface area contributed by atoms with E-state index in [1.165, 1.54) is 0 Å². The van der Waals surface area contributed by atoms with E-state index in [4.69, 9.17) is 10.5 Å². The molecule has 3 heterocycles. The Morgan fingerprint density at radius 2 is 2.03 bits per heavy atom. The first-order chi connectivity index (χ1) is 15.0. The number of likely N-dealkylation sites (tertiary alicyclic amines) is 1. The highest BCUT2D eigenvalue weighted by Crippen LogP contribution is 2.52. The van der Waals surface area contributed by atoms with Crippen molar-refractivity contribution in [3.63, 3.8) is 0 Å². The number of piperidine rings is 1. The Hall–Kier alpha value is -3.03. The van der Waals surface area contributed by atoms with Crippen molar-refractivity contribution in [1.82, 2.24) is 14.9 Å². The van der Waals surface area contributed by atoms with Gasteiger partial charge in [-0.3, -0.25) is 4.79 Å². The van der Waals surface area contributed by atoms with Crippen LogP contribution in [0.5, 0.6) is 0 Å². The molecule has 0 radical (unpaired) electrons. The molecular weight excluding hydrogens is 390 g/mol. The quantitative estimate of drug-likeness (QED) is 0.641. The third-order valence-corrected chi connectivity index (χ3v) is 6.60. The summed E-state index contributed by atoms with van der Waals surface area (Å²) in [7, 11) is 1.72. The summed E-state index contributed by atoms with van der Waals surface area (Å²) in [4.78, 5) is 24.2. The van der Waals surface area contributed by atoms with Gasteiger partial charge in [0.2, 0.25) is 5.91 Å². The van der Waals surface area contributed by atoms with Crippen LogP contribution in [0.3, 0.4) is 0 Å². The molecule has 31 heavy (non-hydrogen) atoms. The summed E-state index contributed by atoms with van der Waals surface area (Å²) in [6.07, 6.45) is 1.69. The molecule has 160 valence electrons. The first kappa shape index (κ1) is 19.9. The SMILES string of the molecule is COCCN1C[C@@H]2C(C(=O)Nc3cc4cc(-c5ccccc5C)nc(N)c4cn3)[C@@H]2C1. The van der Waals surface area contributed by atoms with Gasteiger partial charge in [0.1, 0.15) is 11.6 Å². The summed E-state index contributed by atoms with van der Waals surface area (Å²) < 4.78 is 5.15. The van der Waals surface area contributed by atoms with Crippen molar-refractivity contribution >= 4 is 28.3 Å². The van der Waals surface area contributed by atoms with Gasteiger partial charge >= 0.3 is 0 Å². The van der Waals surface area contributed by atoms with Crippen LogP contribution in [-0.2, 0) is 9.53 Å². The zero-order chi connectivity index (χ0) is 21.5. The molecule has 7 nitrogen and oxygen atoms in total. The molecule has 1 aromatic carbocycles. The molecule has 7 heteroatoms. The smallest absolute Gasteiger partial charge is 0.229 e.